The van der Waals surface area contributed by atoms with Gasteiger partial charge in [-0.3, -0.25) is 0 Å². The zero-order chi connectivity index (χ0) is 13.2. The number of aryl methyl sites for hydroxylation is 1. The molecule has 0 amide bonds. The van der Waals surface area contributed by atoms with Crippen LogP contribution in [0.25, 0.3) is 0 Å². The van der Waals surface area contributed by atoms with Crippen molar-refractivity contribution in [3.05, 3.63) is 29.8 Å². The minimum atomic E-state index is 0.836. The van der Waals surface area contributed by atoms with E-state index in [-0.39, 0.29) is 0 Å². The molecule has 0 fully saturated rings. The lowest BCUT2D eigenvalue weighted by Gasteiger charge is -2.23. The van der Waals surface area contributed by atoms with E-state index in [9.17, 15) is 0 Å². The summed E-state index contributed by atoms with van der Waals surface area (Å²) in [7, 11) is 1.75. The van der Waals surface area contributed by atoms with Gasteiger partial charge in [-0.15, -0.1) is 0 Å². The SMILES string of the molecule is CCN(CCNCCCOC)c1ccc(C)cc1. The van der Waals surface area contributed by atoms with E-state index in [0.717, 1.165) is 39.2 Å². The summed E-state index contributed by atoms with van der Waals surface area (Å²) in [5.74, 6) is 0. The van der Waals surface area contributed by atoms with Crippen molar-refractivity contribution in [2.75, 3.05) is 44.8 Å². The number of nitrogens with zero attached hydrogens (tertiary/aromatic N) is 1. The molecule has 0 unspecified atom stereocenters. The maximum Gasteiger partial charge on any atom is 0.0474 e. The Labute approximate surface area is 111 Å². The fourth-order valence-electron chi connectivity index (χ4n) is 1.91. The number of anilines is 1. The lowest BCUT2D eigenvalue weighted by atomic mass is 10.2. The summed E-state index contributed by atoms with van der Waals surface area (Å²) in [6.07, 6.45) is 1.08. The summed E-state index contributed by atoms with van der Waals surface area (Å²) >= 11 is 0. The summed E-state index contributed by atoms with van der Waals surface area (Å²) in [6, 6.07) is 8.74. The van der Waals surface area contributed by atoms with Crippen LogP contribution in [0.5, 0.6) is 0 Å². The highest BCUT2D eigenvalue weighted by molar-refractivity contribution is 5.47. The third kappa shape index (κ3) is 5.52. The molecule has 0 aliphatic rings. The van der Waals surface area contributed by atoms with Gasteiger partial charge < -0.3 is 15.0 Å². The predicted molar refractivity (Wildman–Crippen MR) is 78.4 cm³/mol. The van der Waals surface area contributed by atoms with E-state index in [4.69, 9.17) is 4.74 Å². The van der Waals surface area contributed by atoms with Crippen LogP contribution in [0.4, 0.5) is 5.69 Å². The Morgan fingerprint density at radius 1 is 1.17 bits per heavy atom. The molecule has 0 spiro atoms. The van der Waals surface area contributed by atoms with Gasteiger partial charge in [-0.25, -0.2) is 0 Å². The molecule has 3 nitrogen and oxygen atoms in total. The smallest absolute Gasteiger partial charge is 0.0474 e. The summed E-state index contributed by atoms with van der Waals surface area (Å²) in [4.78, 5) is 2.39. The minimum absolute atomic E-state index is 0.836. The molecule has 0 atom stereocenters. The van der Waals surface area contributed by atoms with Crippen molar-refractivity contribution in [3.63, 3.8) is 0 Å². The molecule has 0 aliphatic carbocycles. The average molecular weight is 250 g/mol. The zero-order valence-corrected chi connectivity index (χ0v) is 11.9. The highest BCUT2D eigenvalue weighted by atomic mass is 16.5. The number of nitrogens with one attached hydrogen (secondary N) is 1. The van der Waals surface area contributed by atoms with Crippen LogP contribution in [0.2, 0.25) is 0 Å². The van der Waals surface area contributed by atoms with Crippen molar-refractivity contribution < 1.29 is 4.74 Å². The highest BCUT2D eigenvalue weighted by Crippen LogP contribution is 2.14. The zero-order valence-electron chi connectivity index (χ0n) is 11.9. The molecule has 0 aromatic heterocycles. The molecule has 0 heterocycles. The lowest BCUT2D eigenvalue weighted by molar-refractivity contribution is 0.194. The van der Waals surface area contributed by atoms with E-state index in [1.54, 1.807) is 7.11 Å². The second-order valence-corrected chi connectivity index (χ2v) is 4.51. The maximum absolute atomic E-state index is 5.02. The van der Waals surface area contributed by atoms with Crippen LogP contribution in [-0.4, -0.2) is 39.9 Å². The third-order valence-electron chi connectivity index (χ3n) is 3.04. The van der Waals surface area contributed by atoms with E-state index >= 15 is 0 Å². The number of rotatable bonds is 9. The van der Waals surface area contributed by atoms with Crippen molar-refractivity contribution in [1.29, 1.82) is 0 Å². The van der Waals surface area contributed by atoms with Crippen LogP contribution in [-0.2, 0) is 4.74 Å². The lowest BCUT2D eigenvalue weighted by Crippen LogP contribution is -2.32. The van der Waals surface area contributed by atoms with Crippen LogP contribution in [0.15, 0.2) is 24.3 Å². The Morgan fingerprint density at radius 3 is 2.50 bits per heavy atom. The van der Waals surface area contributed by atoms with Crippen LogP contribution >= 0.6 is 0 Å². The van der Waals surface area contributed by atoms with Gasteiger partial charge in [0.05, 0.1) is 0 Å². The van der Waals surface area contributed by atoms with Gasteiger partial charge in [-0.05, 0) is 38.9 Å². The molecule has 0 bridgehead atoms. The Kier molecular flexibility index (Phi) is 7.46. The number of hydrogen-bond donors (Lipinski definition) is 1. The van der Waals surface area contributed by atoms with Crippen molar-refractivity contribution in [2.45, 2.75) is 20.3 Å². The van der Waals surface area contributed by atoms with Gasteiger partial charge in [0, 0.05) is 39.0 Å². The molecule has 0 radical (unpaired) electrons. The molecule has 1 N–H and O–H groups in total. The van der Waals surface area contributed by atoms with E-state index in [1.165, 1.54) is 11.3 Å². The first-order chi connectivity index (χ1) is 8.77. The first-order valence-corrected chi connectivity index (χ1v) is 6.79. The van der Waals surface area contributed by atoms with Gasteiger partial charge in [0.25, 0.3) is 0 Å². The molecule has 0 saturated carbocycles. The number of benzene rings is 1. The molecule has 18 heavy (non-hydrogen) atoms. The molecule has 0 aliphatic heterocycles. The van der Waals surface area contributed by atoms with Crippen LogP contribution < -0.4 is 10.2 Å². The largest absolute Gasteiger partial charge is 0.385 e. The second kappa shape index (κ2) is 8.95. The van der Waals surface area contributed by atoms with Gasteiger partial charge in [0.2, 0.25) is 0 Å². The molecule has 1 rings (SSSR count). The molecule has 0 saturated heterocycles. The van der Waals surface area contributed by atoms with E-state index < -0.39 is 0 Å². The Hall–Kier alpha value is -1.06. The summed E-state index contributed by atoms with van der Waals surface area (Å²) in [5.41, 5.74) is 2.62. The molecular formula is C15H26N2O. The van der Waals surface area contributed by atoms with Crippen molar-refractivity contribution >= 4 is 5.69 Å². The highest BCUT2D eigenvalue weighted by Gasteiger charge is 2.02. The Bertz CT molecular complexity index is 311. The first-order valence-electron chi connectivity index (χ1n) is 6.79. The summed E-state index contributed by atoms with van der Waals surface area (Å²) < 4.78 is 5.02. The van der Waals surface area contributed by atoms with Gasteiger partial charge in [0.1, 0.15) is 0 Å². The minimum Gasteiger partial charge on any atom is -0.385 e. The fraction of sp³-hybridized carbons (Fsp3) is 0.600. The summed E-state index contributed by atoms with van der Waals surface area (Å²) in [5, 5.41) is 3.44. The molecule has 102 valence electrons. The first kappa shape index (κ1) is 15.0. The molecule has 1 aromatic rings. The van der Waals surface area contributed by atoms with Gasteiger partial charge in [0.15, 0.2) is 0 Å². The molecular weight excluding hydrogens is 224 g/mol. The van der Waals surface area contributed by atoms with Crippen LogP contribution in [0.3, 0.4) is 0 Å². The fourth-order valence-corrected chi connectivity index (χ4v) is 1.91. The Balaban J connectivity index is 2.27. The van der Waals surface area contributed by atoms with Gasteiger partial charge in [-0.2, -0.15) is 0 Å². The van der Waals surface area contributed by atoms with Crippen LogP contribution in [0, 0.1) is 6.92 Å². The maximum atomic E-state index is 5.02. The monoisotopic (exact) mass is 250 g/mol. The van der Waals surface area contributed by atoms with Gasteiger partial charge in [-0.1, -0.05) is 17.7 Å². The number of hydrogen-bond acceptors (Lipinski definition) is 3. The Morgan fingerprint density at radius 2 is 1.89 bits per heavy atom. The number of methoxy groups -OCH3 is 1. The van der Waals surface area contributed by atoms with E-state index in [2.05, 4.69) is 48.3 Å². The number of likely N-dealkylation sites (N-methyl/N-ethyl adjacent to an activating group) is 1. The topological polar surface area (TPSA) is 24.5 Å². The van der Waals surface area contributed by atoms with Crippen molar-refractivity contribution in [2.24, 2.45) is 0 Å². The van der Waals surface area contributed by atoms with E-state index in [0.29, 0.717) is 0 Å². The predicted octanol–water partition coefficient (Wildman–Crippen LogP) is 2.45. The third-order valence-corrected chi connectivity index (χ3v) is 3.04. The average Bonchev–Trinajstić information content (AvgIpc) is 2.39. The summed E-state index contributed by atoms with van der Waals surface area (Å²) in [6.45, 7) is 9.30. The second-order valence-electron chi connectivity index (χ2n) is 4.51. The van der Waals surface area contributed by atoms with Gasteiger partial charge >= 0.3 is 0 Å². The molecule has 3 heteroatoms. The van der Waals surface area contributed by atoms with E-state index in [1.807, 2.05) is 0 Å². The normalized spacial score (nSPS) is 10.6. The van der Waals surface area contributed by atoms with Crippen molar-refractivity contribution in [1.82, 2.24) is 5.32 Å². The van der Waals surface area contributed by atoms with Crippen molar-refractivity contribution in [3.8, 4) is 0 Å². The molecule has 1 aromatic carbocycles. The quantitative estimate of drug-likeness (QED) is 0.681. The van der Waals surface area contributed by atoms with Crippen LogP contribution in [0.1, 0.15) is 18.9 Å². The number of ether oxygens (including phenoxy) is 1. The standard InChI is InChI=1S/C15H26N2O/c1-4-17(12-11-16-10-5-13-18-3)15-8-6-14(2)7-9-15/h6-9,16H,4-5,10-13H2,1-3H3.